The molecule has 98 valence electrons. The largest absolute Gasteiger partial charge is 0.444 e. The van der Waals surface area contributed by atoms with Gasteiger partial charge in [-0.3, -0.25) is 0 Å². The predicted octanol–water partition coefficient (Wildman–Crippen LogP) is 1.95. The van der Waals surface area contributed by atoms with Crippen LogP contribution in [0.15, 0.2) is 0 Å². The van der Waals surface area contributed by atoms with Gasteiger partial charge in [0, 0.05) is 25.7 Å². The summed E-state index contributed by atoms with van der Waals surface area (Å²) >= 11 is 0. The standard InChI is InChI=1S/C13H24N2O2/c1-10-7-14-6-5-11(8-14)9-15(10)12(16)17-13(2,3)4/h10-11H,5-9H2,1-4H3. The van der Waals surface area contributed by atoms with Gasteiger partial charge in [-0.2, -0.15) is 0 Å². The number of amides is 1. The number of hydrogen-bond donors (Lipinski definition) is 0. The Morgan fingerprint density at radius 3 is 2.59 bits per heavy atom. The molecule has 0 aliphatic carbocycles. The third-order valence-corrected chi connectivity index (χ3v) is 3.51. The van der Waals surface area contributed by atoms with Crippen LogP contribution in [0.2, 0.25) is 0 Å². The maximum atomic E-state index is 12.1. The second-order valence-corrected chi connectivity index (χ2v) is 6.40. The molecular weight excluding hydrogens is 216 g/mol. The summed E-state index contributed by atoms with van der Waals surface area (Å²) in [5, 5.41) is 0. The molecule has 4 heteroatoms. The summed E-state index contributed by atoms with van der Waals surface area (Å²) in [6.45, 7) is 12.0. The summed E-state index contributed by atoms with van der Waals surface area (Å²) in [6, 6.07) is 0.259. The molecule has 2 bridgehead atoms. The predicted molar refractivity (Wildman–Crippen MR) is 66.9 cm³/mol. The van der Waals surface area contributed by atoms with E-state index in [4.69, 9.17) is 4.74 Å². The second-order valence-electron chi connectivity index (χ2n) is 6.40. The van der Waals surface area contributed by atoms with Crippen LogP contribution in [-0.4, -0.2) is 53.7 Å². The van der Waals surface area contributed by atoms with E-state index in [2.05, 4.69) is 11.8 Å². The van der Waals surface area contributed by atoms with Crippen LogP contribution in [0.4, 0.5) is 4.79 Å². The van der Waals surface area contributed by atoms with E-state index in [1.807, 2.05) is 25.7 Å². The fraction of sp³-hybridized carbons (Fsp3) is 0.923. The van der Waals surface area contributed by atoms with Crippen molar-refractivity contribution in [1.29, 1.82) is 0 Å². The van der Waals surface area contributed by atoms with Gasteiger partial charge in [0.15, 0.2) is 0 Å². The van der Waals surface area contributed by atoms with E-state index in [1.165, 1.54) is 13.0 Å². The summed E-state index contributed by atoms with van der Waals surface area (Å²) in [5.41, 5.74) is -0.400. The summed E-state index contributed by atoms with van der Waals surface area (Å²) in [5.74, 6) is 0.632. The first-order valence-corrected chi connectivity index (χ1v) is 6.57. The number of fused-ring (bicyclic) bond motifs is 2. The zero-order valence-electron chi connectivity index (χ0n) is 11.4. The van der Waals surface area contributed by atoms with Gasteiger partial charge in [0.25, 0.3) is 0 Å². The molecule has 1 amide bonds. The van der Waals surface area contributed by atoms with E-state index in [1.54, 1.807) is 0 Å². The monoisotopic (exact) mass is 240 g/mol. The van der Waals surface area contributed by atoms with Crippen molar-refractivity contribution in [2.24, 2.45) is 5.92 Å². The van der Waals surface area contributed by atoms with Crippen LogP contribution in [-0.2, 0) is 4.74 Å². The lowest BCUT2D eigenvalue weighted by atomic mass is 10.1. The average Bonchev–Trinajstić information content (AvgIpc) is 2.50. The Kier molecular flexibility index (Phi) is 3.34. The van der Waals surface area contributed by atoms with Crippen molar-refractivity contribution in [3.8, 4) is 0 Å². The van der Waals surface area contributed by atoms with E-state index in [9.17, 15) is 4.79 Å². The third kappa shape index (κ3) is 3.12. The molecule has 2 aliphatic rings. The highest BCUT2D eigenvalue weighted by Gasteiger charge is 2.35. The first-order chi connectivity index (χ1) is 7.85. The number of ether oxygens (including phenoxy) is 1. The highest BCUT2D eigenvalue weighted by atomic mass is 16.6. The third-order valence-electron chi connectivity index (χ3n) is 3.51. The Morgan fingerprint density at radius 2 is 1.94 bits per heavy atom. The lowest BCUT2D eigenvalue weighted by Gasteiger charge is -2.33. The Labute approximate surface area is 104 Å². The molecule has 0 radical (unpaired) electrons. The first-order valence-electron chi connectivity index (χ1n) is 6.57. The minimum absolute atomic E-state index is 0.154. The average molecular weight is 240 g/mol. The molecule has 2 fully saturated rings. The van der Waals surface area contributed by atoms with Crippen molar-refractivity contribution in [1.82, 2.24) is 9.80 Å². The Hall–Kier alpha value is -0.770. The first kappa shape index (κ1) is 12.7. The second kappa shape index (κ2) is 4.48. The molecule has 0 aromatic carbocycles. The van der Waals surface area contributed by atoms with Gasteiger partial charge in [-0.05, 0) is 46.6 Å². The van der Waals surface area contributed by atoms with Gasteiger partial charge in [-0.25, -0.2) is 4.79 Å². The van der Waals surface area contributed by atoms with Crippen molar-refractivity contribution >= 4 is 6.09 Å². The van der Waals surface area contributed by atoms with Crippen LogP contribution in [0.1, 0.15) is 34.1 Å². The van der Waals surface area contributed by atoms with Gasteiger partial charge in [0.1, 0.15) is 5.60 Å². The normalized spacial score (nSPS) is 33.4. The van der Waals surface area contributed by atoms with E-state index < -0.39 is 5.60 Å². The van der Waals surface area contributed by atoms with Crippen LogP contribution in [0.3, 0.4) is 0 Å². The molecule has 2 aliphatic heterocycles. The van der Waals surface area contributed by atoms with Crippen molar-refractivity contribution in [2.45, 2.75) is 45.8 Å². The molecule has 2 saturated heterocycles. The number of carbonyl (C=O) groups excluding carboxylic acids is 1. The smallest absolute Gasteiger partial charge is 0.410 e. The molecule has 0 aromatic heterocycles. The fourth-order valence-electron chi connectivity index (χ4n) is 2.73. The zero-order valence-corrected chi connectivity index (χ0v) is 11.4. The minimum Gasteiger partial charge on any atom is -0.444 e. The minimum atomic E-state index is -0.400. The zero-order chi connectivity index (χ0) is 12.6. The van der Waals surface area contributed by atoms with Crippen molar-refractivity contribution in [3.05, 3.63) is 0 Å². The quantitative estimate of drug-likeness (QED) is 0.649. The fourth-order valence-corrected chi connectivity index (χ4v) is 2.73. The molecule has 4 nitrogen and oxygen atoms in total. The van der Waals surface area contributed by atoms with Gasteiger partial charge in [-0.15, -0.1) is 0 Å². The molecule has 17 heavy (non-hydrogen) atoms. The molecule has 3 unspecified atom stereocenters. The summed E-state index contributed by atoms with van der Waals surface area (Å²) in [7, 11) is 0. The molecule has 0 saturated carbocycles. The van der Waals surface area contributed by atoms with Crippen molar-refractivity contribution < 1.29 is 9.53 Å². The summed E-state index contributed by atoms with van der Waals surface area (Å²) in [6.07, 6.45) is 1.06. The maximum Gasteiger partial charge on any atom is 0.410 e. The Bertz CT molecular complexity index is 298. The number of hydrogen-bond acceptors (Lipinski definition) is 3. The van der Waals surface area contributed by atoms with Gasteiger partial charge >= 0.3 is 6.09 Å². The number of carbonyl (C=O) groups is 1. The van der Waals surface area contributed by atoms with Gasteiger partial charge in [0.05, 0.1) is 0 Å². The van der Waals surface area contributed by atoms with Gasteiger partial charge in [0.2, 0.25) is 0 Å². The topological polar surface area (TPSA) is 32.8 Å². The van der Waals surface area contributed by atoms with Crippen LogP contribution in [0.5, 0.6) is 0 Å². The number of nitrogens with zero attached hydrogens (tertiary/aromatic N) is 2. The van der Waals surface area contributed by atoms with Crippen LogP contribution in [0, 0.1) is 5.92 Å². The molecule has 0 spiro atoms. The Balaban J connectivity index is 2.01. The molecular formula is C13H24N2O2. The van der Waals surface area contributed by atoms with Crippen molar-refractivity contribution in [2.75, 3.05) is 26.2 Å². The van der Waals surface area contributed by atoms with E-state index >= 15 is 0 Å². The highest BCUT2D eigenvalue weighted by molar-refractivity contribution is 5.68. The van der Waals surface area contributed by atoms with Crippen LogP contribution >= 0.6 is 0 Å². The van der Waals surface area contributed by atoms with Gasteiger partial charge in [-0.1, -0.05) is 0 Å². The summed E-state index contributed by atoms with van der Waals surface area (Å²) in [4.78, 5) is 16.5. The molecule has 2 heterocycles. The molecule has 0 N–H and O–H groups in total. The van der Waals surface area contributed by atoms with Crippen LogP contribution in [0.25, 0.3) is 0 Å². The highest BCUT2D eigenvalue weighted by Crippen LogP contribution is 2.24. The molecule has 0 aromatic rings. The number of rotatable bonds is 0. The lowest BCUT2D eigenvalue weighted by molar-refractivity contribution is 0.0147. The lowest BCUT2D eigenvalue weighted by Crippen LogP contribution is -2.46. The SMILES string of the molecule is CC1CN2CCC(C2)CN1C(=O)OC(C)(C)C. The summed E-state index contributed by atoms with van der Waals surface area (Å²) < 4.78 is 5.48. The van der Waals surface area contributed by atoms with Crippen LogP contribution < -0.4 is 0 Å². The Morgan fingerprint density at radius 1 is 1.24 bits per heavy atom. The molecule has 2 rings (SSSR count). The maximum absolute atomic E-state index is 12.1. The van der Waals surface area contributed by atoms with Crippen molar-refractivity contribution in [3.63, 3.8) is 0 Å². The van der Waals surface area contributed by atoms with Gasteiger partial charge < -0.3 is 14.5 Å². The molecule has 3 atom stereocenters. The van der Waals surface area contributed by atoms with E-state index in [0.717, 1.165) is 19.6 Å². The van der Waals surface area contributed by atoms with E-state index in [-0.39, 0.29) is 12.1 Å². The van der Waals surface area contributed by atoms with E-state index in [0.29, 0.717) is 5.92 Å².